The Hall–Kier alpha value is -0.810. The minimum Gasteiger partial charge on any atom is -0.480 e. The number of rotatable bonds is 3. The highest BCUT2D eigenvalue weighted by Crippen LogP contribution is 2.32. The van der Waals surface area contributed by atoms with Gasteiger partial charge in [-0.3, -0.25) is 0 Å². The molecule has 0 radical (unpaired) electrons. The number of carboxylic acid groups (broad SMARTS) is 1. The molecule has 17 heavy (non-hydrogen) atoms. The van der Waals surface area contributed by atoms with Crippen molar-refractivity contribution in [3.05, 3.63) is 10.5 Å². The largest absolute Gasteiger partial charge is 0.480 e. The van der Waals surface area contributed by atoms with Crippen molar-refractivity contribution in [3.63, 3.8) is 0 Å². The number of hydrogen-bond acceptors (Lipinski definition) is 4. The maximum absolute atomic E-state index is 11.3. The first-order valence-corrected chi connectivity index (χ1v) is 6.98. The van der Waals surface area contributed by atoms with Crippen LogP contribution in [0.2, 0.25) is 5.15 Å². The van der Waals surface area contributed by atoms with Crippen molar-refractivity contribution in [1.82, 2.24) is 4.98 Å². The molecule has 2 rings (SSSR count). The van der Waals surface area contributed by atoms with Gasteiger partial charge in [0.15, 0.2) is 5.13 Å². The van der Waals surface area contributed by atoms with E-state index in [-0.39, 0.29) is 0 Å². The van der Waals surface area contributed by atoms with E-state index in [2.05, 4.69) is 11.9 Å². The monoisotopic (exact) mass is 274 g/mol. The highest BCUT2D eigenvalue weighted by atomic mass is 35.5. The molecule has 1 aromatic rings. The molecule has 1 N–H and O–H groups in total. The molecule has 0 spiro atoms. The summed E-state index contributed by atoms with van der Waals surface area (Å²) in [5.74, 6) is -0.266. The number of piperidine rings is 1. The first-order chi connectivity index (χ1) is 8.11. The van der Waals surface area contributed by atoms with Crippen LogP contribution >= 0.6 is 22.9 Å². The molecule has 2 unspecified atom stereocenters. The molecule has 1 saturated heterocycles. The Morgan fingerprint density at radius 1 is 1.76 bits per heavy atom. The minimum atomic E-state index is -0.769. The number of carboxylic acids is 1. The standard InChI is InChI=1S/C11H15ClN2O2S/c1-2-7-3-4-14(8(5-7)10(15)16)11-13-9(12)6-17-11/h6-8H,2-5H2,1H3,(H,15,16). The van der Waals surface area contributed by atoms with Gasteiger partial charge in [0.1, 0.15) is 11.2 Å². The molecule has 0 aliphatic carbocycles. The third-order valence-corrected chi connectivity index (χ3v) is 4.48. The Balaban J connectivity index is 2.18. The number of halogens is 1. The van der Waals surface area contributed by atoms with Crippen LogP contribution in [0.25, 0.3) is 0 Å². The third-order valence-electron chi connectivity index (χ3n) is 3.28. The second kappa shape index (κ2) is 5.23. The molecular weight excluding hydrogens is 260 g/mol. The van der Waals surface area contributed by atoms with Gasteiger partial charge in [-0.1, -0.05) is 24.9 Å². The average molecular weight is 275 g/mol. The summed E-state index contributed by atoms with van der Waals surface area (Å²) in [5, 5.41) is 12.2. The molecule has 0 saturated carbocycles. The lowest BCUT2D eigenvalue weighted by Gasteiger charge is -2.36. The predicted molar refractivity (Wildman–Crippen MR) is 68.9 cm³/mol. The van der Waals surface area contributed by atoms with Crippen molar-refractivity contribution < 1.29 is 9.90 Å². The number of nitrogens with zero attached hydrogens (tertiary/aromatic N) is 2. The molecule has 1 aliphatic heterocycles. The van der Waals surface area contributed by atoms with Gasteiger partial charge in [0.05, 0.1) is 0 Å². The van der Waals surface area contributed by atoms with Crippen molar-refractivity contribution in [1.29, 1.82) is 0 Å². The number of carbonyl (C=O) groups is 1. The average Bonchev–Trinajstić information content (AvgIpc) is 2.75. The molecule has 1 fully saturated rings. The van der Waals surface area contributed by atoms with Crippen LogP contribution in [-0.4, -0.2) is 28.6 Å². The van der Waals surface area contributed by atoms with Crippen molar-refractivity contribution in [2.75, 3.05) is 11.4 Å². The fourth-order valence-electron chi connectivity index (χ4n) is 2.25. The van der Waals surface area contributed by atoms with Gasteiger partial charge in [-0.05, 0) is 18.8 Å². The van der Waals surface area contributed by atoms with E-state index < -0.39 is 12.0 Å². The highest BCUT2D eigenvalue weighted by Gasteiger charge is 2.34. The van der Waals surface area contributed by atoms with E-state index in [9.17, 15) is 9.90 Å². The van der Waals surface area contributed by atoms with Crippen molar-refractivity contribution >= 4 is 34.0 Å². The predicted octanol–water partition coefficient (Wildman–Crippen LogP) is 2.88. The van der Waals surface area contributed by atoms with E-state index in [1.807, 2.05) is 4.90 Å². The van der Waals surface area contributed by atoms with E-state index in [0.717, 1.165) is 24.5 Å². The van der Waals surface area contributed by atoms with Crippen LogP contribution in [0.3, 0.4) is 0 Å². The van der Waals surface area contributed by atoms with Crippen molar-refractivity contribution in [2.45, 2.75) is 32.2 Å². The van der Waals surface area contributed by atoms with Crippen LogP contribution in [0.1, 0.15) is 26.2 Å². The highest BCUT2D eigenvalue weighted by molar-refractivity contribution is 7.14. The molecule has 0 amide bonds. The molecule has 2 atom stereocenters. The van der Waals surface area contributed by atoms with Crippen LogP contribution in [0, 0.1) is 5.92 Å². The Kier molecular flexibility index (Phi) is 3.89. The fraction of sp³-hybridized carbons (Fsp3) is 0.636. The van der Waals surface area contributed by atoms with Gasteiger partial charge in [0, 0.05) is 11.9 Å². The van der Waals surface area contributed by atoms with E-state index >= 15 is 0 Å². The minimum absolute atomic E-state index is 0.437. The first kappa shape index (κ1) is 12.6. The summed E-state index contributed by atoms with van der Waals surface area (Å²) in [6, 6.07) is -0.462. The number of aromatic nitrogens is 1. The van der Waals surface area contributed by atoms with Gasteiger partial charge in [-0.15, -0.1) is 11.3 Å². The first-order valence-electron chi connectivity index (χ1n) is 5.72. The summed E-state index contributed by atoms with van der Waals surface area (Å²) in [7, 11) is 0. The molecule has 94 valence electrons. The van der Waals surface area contributed by atoms with Gasteiger partial charge in [-0.25, -0.2) is 9.78 Å². The Bertz CT molecular complexity index is 410. The zero-order valence-corrected chi connectivity index (χ0v) is 11.2. The molecule has 1 aromatic heterocycles. The topological polar surface area (TPSA) is 53.4 Å². The Morgan fingerprint density at radius 3 is 3.06 bits per heavy atom. The molecule has 0 bridgehead atoms. The van der Waals surface area contributed by atoms with E-state index in [1.165, 1.54) is 11.3 Å². The summed E-state index contributed by atoms with van der Waals surface area (Å²) >= 11 is 7.19. The third kappa shape index (κ3) is 2.72. The zero-order valence-electron chi connectivity index (χ0n) is 9.60. The lowest BCUT2D eigenvalue weighted by molar-refractivity contribution is -0.139. The normalized spacial score (nSPS) is 24.9. The van der Waals surface area contributed by atoms with Crippen LogP contribution in [0.5, 0.6) is 0 Å². The van der Waals surface area contributed by atoms with Crippen LogP contribution < -0.4 is 4.90 Å². The quantitative estimate of drug-likeness (QED) is 0.921. The van der Waals surface area contributed by atoms with Crippen LogP contribution in [0.15, 0.2) is 5.38 Å². The molecule has 1 aliphatic rings. The van der Waals surface area contributed by atoms with Gasteiger partial charge >= 0.3 is 5.97 Å². The number of hydrogen-bond donors (Lipinski definition) is 1. The van der Waals surface area contributed by atoms with Crippen molar-refractivity contribution in [2.24, 2.45) is 5.92 Å². The molecule has 2 heterocycles. The zero-order chi connectivity index (χ0) is 12.4. The number of thiazole rings is 1. The second-order valence-electron chi connectivity index (χ2n) is 4.30. The lowest BCUT2D eigenvalue weighted by Crippen LogP contribution is -2.47. The van der Waals surface area contributed by atoms with Crippen LogP contribution in [0.4, 0.5) is 5.13 Å². The molecule has 4 nitrogen and oxygen atoms in total. The summed E-state index contributed by atoms with van der Waals surface area (Å²) in [6.07, 6.45) is 2.76. The summed E-state index contributed by atoms with van der Waals surface area (Å²) in [4.78, 5) is 17.3. The van der Waals surface area contributed by atoms with Crippen LogP contribution in [-0.2, 0) is 4.79 Å². The molecule has 0 aromatic carbocycles. The second-order valence-corrected chi connectivity index (χ2v) is 5.52. The summed E-state index contributed by atoms with van der Waals surface area (Å²) < 4.78 is 0. The van der Waals surface area contributed by atoms with E-state index in [0.29, 0.717) is 17.5 Å². The maximum atomic E-state index is 11.3. The summed E-state index contributed by atoms with van der Waals surface area (Å²) in [5.41, 5.74) is 0. The Morgan fingerprint density at radius 2 is 2.53 bits per heavy atom. The lowest BCUT2D eigenvalue weighted by atomic mass is 9.89. The van der Waals surface area contributed by atoms with Gasteiger partial charge in [-0.2, -0.15) is 0 Å². The smallest absolute Gasteiger partial charge is 0.326 e. The number of aliphatic carboxylic acids is 1. The van der Waals surface area contributed by atoms with E-state index in [4.69, 9.17) is 11.6 Å². The van der Waals surface area contributed by atoms with Crippen molar-refractivity contribution in [3.8, 4) is 0 Å². The van der Waals surface area contributed by atoms with Gasteiger partial charge in [0.2, 0.25) is 0 Å². The Labute approximate surface area is 109 Å². The SMILES string of the molecule is CCC1CCN(c2nc(Cl)cs2)C(C(=O)O)C1. The fourth-order valence-corrected chi connectivity index (χ4v) is 3.27. The van der Waals surface area contributed by atoms with Gasteiger partial charge < -0.3 is 10.0 Å². The molecule has 6 heteroatoms. The summed E-state index contributed by atoms with van der Waals surface area (Å²) in [6.45, 7) is 2.86. The number of anilines is 1. The van der Waals surface area contributed by atoms with E-state index in [1.54, 1.807) is 5.38 Å². The molecular formula is C11H15ClN2O2S. The maximum Gasteiger partial charge on any atom is 0.326 e. The van der Waals surface area contributed by atoms with Gasteiger partial charge in [0.25, 0.3) is 0 Å².